The van der Waals surface area contributed by atoms with Gasteiger partial charge in [0, 0.05) is 30.8 Å². The van der Waals surface area contributed by atoms with Gasteiger partial charge in [-0.1, -0.05) is 8.93 Å². The molecule has 7 unspecified atom stereocenters. The summed E-state index contributed by atoms with van der Waals surface area (Å²) in [5.74, 6) is -0.256. The molecule has 0 bridgehead atoms. The van der Waals surface area contributed by atoms with E-state index >= 15 is 0 Å². The Hall–Kier alpha value is 0.560. The van der Waals surface area contributed by atoms with Crippen LogP contribution in [0.25, 0.3) is 0 Å². The molecule has 0 aliphatic carbocycles. The Bertz CT molecular complexity index is 399. The molecule has 0 N–H and O–H groups in total. The van der Waals surface area contributed by atoms with Crippen molar-refractivity contribution in [3.8, 4) is 0 Å². The summed E-state index contributed by atoms with van der Waals surface area (Å²) < 4.78 is 22.1. The molecule has 2 aliphatic heterocycles. The molecule has 2 saturated heterocycles. The molecule has 0 saturated carbocycles. The summed E-state index contributed by atoms with van der Waals surface area (Å²) in [6.07, 6.45) is 0.731. The molecule has 0 radical (unpaired) electrons. The number of nitrogens with zero attached hydrogens (tertiary/aromatic N) is 2. The molecular weight excluding hydrogens is 345 g/mol. The van der Waals surface area contributed by atoms with Gasteiger partial charge in [0.2, 0.25) is 0 Å². The van der Waals surface area contributed by atoms with Crippen LogP contribution in [0.15, 0.2) is 5.10 Å². The molecule has 0 amide bonds. The Balaban J connectivity index is 2.08. The summed E-state index contributed by atoms with van der Waals surface area (Å²) in [6, 6.07) is 0.0916. The van der Waals surface area contributed by atoms with E-state index in [2.05, 4.69) is 23.5 Å². The summed E-state index contributed by atoms with van der Waals surface area (Å²) in [6.45, 7) is 1.67. The predicted molar refractivity (Wildman–Crippen MR) is 90.6 cm³/mol. The van der Waals surface area contributed by atoms with E-state index in [0.717, 1.165) is 12.8 Å². The Morgan fingerprint density at radius 1 is 1.36 bits per heavy atom. The zero-order valence-corrected chi connectivity index (χ0v) is 16.2. The third-order valence-electron chi connectivity index (χ3n) is 4.10. The molecular formula is C12H25N2O5P3. The first kappa shape index (κ1) is 18.9. The van der Waals surface area contributed by atoms with Gasteiger partial charge in [-0.2, -0.15) is 4.59 Å². The van der Waals surface area contributed by atoms with Crippen molar-refractivity contribution in [1.82, 2.24) is 0 Å². The normalized spacial score (nSPS) is 34.1. The molecule has 2 fully saturated rings. The fourth-order valence-electron chi connectivity index (χ4n) is 3.01. The molecule has 10 heteroatoms. The molecule has 2 heterocycles. The number of likely N-dealkylation sites (N-methyl/N-ethyl adjacent to an activating group) is 1. The smallest absolute Gasteiger partial charge is 0.144 e. The quantitative estimate of drug-likeness (QED) is 0.211. The summed E-state index contributed by atoms with van der Waals surface area (Å²) in [7, 11) is 8.84. The second kappa shape index (κ2) is 8.60. The van der Waals surface area contributed by atoms with Crippen molar-refractivity contribution in [3.05, 3.63) is 0 Å². The van der Waals surface area contributed by atoms with Crippen LogP contribution in [0, 0.1) is 0 Å². The van der Waals surface area contributed by atoms with E-state index in [1.807, 2.05) is 14.1 Å². The summed E-state index contributed by atoms with van der Waals surface area (Å²) >= 11 is 0. The van der Waals surface area contributed by atoms with Gasteiger partial charge < -0.3 is 23.6 Å². The van der Waals surface area contributed by atoms with Crippen LogP contribution in [0.1, 0.15) is 12.8 Å². The lowest BCUT2D eigenvalue weighted by molar-refractivity contribution is -0.924. The monoisotopic (exact) mass is 370 g/mol. The Labute approximate surface area is 137 Å². The molecule has 0 aromatic carbocycles. The molecule has 2 aliphatic rings. The van der Waals surface area contributed by atoms with Crippen LogP contribution in [-0.2, 0) is 18.5 Å². The van der Waals surface area contributed by atoms with E-state index in [4.69, 9.17) is 18.5 Å². The number of hydrogen-bond donors (Lipinski definition) is 0. The standard InChI is InChI=1S/C12H25N2O5P3/c1-14(2,8-3-5-16-10(8)7-18-20)13-12(15)11-9(19-22-21)4-6-17-11/h8-11,22H,3-7,20-21H2,1-2H3. The van der Waals surface area contributed by atoms with E-state index in [1.165, 1.54) is 0 Å². The molecule has 22 heavy (non-hydrogen) atoms. The Morgan fingerprint density at radius 3 is 2.77 bits per heavy atom. The van der Waals surface area contributed by atoms with Crippen molar-refractivity contribution in [2.45, 2.75) is 37.2 Å². The van der Waals surface area contributed by atoms with Gasteiger partial charge >= 0.3 is 0 Å². The van der Waals surface area contributed by atoms with E-state index < -0.39 is 6.10 Å². The van der Waals surface area contributed by atoms with Gasteiger partial charge in [0.15, 0.2) is 0 Å². The molecule has 0 aromatic rings. The first-order chi connectivity index (χ1) is 10.5. The van der Waals surface area contributed by atoms with Crippen LogP contribution in [0.5, 0.6) is 0 Å². The third kappa shape index (κ3) is 4.55. The molecule has 2 rings (SSSR count). The lowest BCUT2D eigenvalue weighted by atomic mass is 10.1. The first-order valence-electron chi connectivity index (χ1n) is 7.26. The maximum atomic E-state index is 12.5. The minimum atomic E-state index is -0.593. The molecule has 128 valence electrons. The maximum Gasteiger partial charge on any atom is 0.144 e. The van der Waals surface area contributed by atoms with Gasteiger partial charge in [-0.05, 0) is 0 Å². The van der Waals surface area contributed by atoms with Gasteiger partial charge in [0.25, 0.3) is 0 Å². The van der Waals surface area contributed by atoms with Crippen LogP contribution in [0.4, 0.5) is 0 Å². The number of ether oxygens (including phenoxy) is 2. The van der Waals surface area contributed by atoms with Crippen molar-refractivity contribution >= 4 is 32.8 Å². The lowest BCUT2D eigenvalue weighted by Gasteiger charge is -2.35. The average Bonchev–Trinajstić information content (AvgIpc) is 3.08. The highest BCUT2D eigenvalue weighted by Gasteiger charge is 2.42. The van der Waals surface area contributed by atoms with Crippen LogP contribution in [0.3, 0.4) is 0 Å². The Kier molecular flexibility index (Phi) is 7.38. The van der Waals surface area contributed by atoms with E-state index in [0.29, 0.717) is 19.8 Å². The van der Waals surface area contributed by atoms with E-state index in [-0.39, 0.29) is 37.2 Å². The molecule has 7 nitrogen and oxygen atoms in total. The van der Waals surface area contributed by atoms with Gasteiger partial charge in [-0.25, -0.2) is 0 Å². The van der Waals surface area contributed by atoms with Gasteiger partial charge in [-0.15, -0.1) is 5.10 Å². The van der Waals surface area contributed by atoms with E-state index in [9.17, 15) is 5.11 Å². The fourth-order valence-corrected chi connectivity index (χ4v) is 4.14. The van der Waals surface area contributed by atoms with Gasteiger partial charge in [0.1, 0.15) is 18.2 Å². The lowest BCUT2D eigenvalue weighted by Crippen LogP contribution is -2.53. The number of quaternary nitrogens is 1. The highest BCUT2D eigenvalue weighted by molar-refractivity contribution is 8.00. The van der Waals surface area contributed by atoms with Crippen LogP contribution < -0.4 is 5.11 Å². The zero-order valence-electron chi connectivity index (χ0n) is 12.9. The van der Waals surface area contributed by atoms with Gasteiger partial charge in [-0.3, -0.25) is 0 Å². The van der Waals surface area contributed by atoms with Crippen molar-refractivity contribution in [1.29, 1.82) is 0 Å². The topological polar surface area (TPSA) is 72.3 Å². The summed E-state index contributed by atoms with van der Waals surface area (Å²) in [4.78, 5) is 0. The molecule has 0 spiro atoms. The average molecular weight is 370 g/mol. The van der Waals surface area contributed by atoms with Crippen molar-refractivity contribution in [2.24, 2.45) is 5.10 Å². The highest BCUT2D eigenvalue weighted by atomic mass is 32.0. The highest BCUT2D eigenvalue weighted by Crippen LogP contribution is 2.31. The zero-order chi connectivity index (χ0) is 16.2. The SMILES string of the molecule is C[N+](C)(/N=C(/[O-])C1OCCC1OPP)C1CCOC1COP. The molecule has 0 aromatic heterocycles. The summed E-state index contributed by atoms with van der Waals surface area (Å²) in [5, 5.41) is 16.9. The Morgan fingerprint density at radius 2 is 2.09 bits per heavy atom. The van der Waals surface area contributed by atoms with Crippen LogP contribution in [-0.4, -0.2) is 68.8 Å². The predicted octanol–water partition coefficient (Wildman–Crippen LogP) is 0.259. The third-order valence-corrected chi connectivity index (χ3v) is 5.14. The maximum absolute atomic E-state index is 12.5. The van der Waals surface area contributed by atoms with Crippen LogP contribution >= 0.6 is 26.9 Å². The second-order valence-corrected chi connectivity index (χ2v) is 7.38. The van der Waals surface area contributed by atoms with Crippen LogP contribution in [0.2, 0.25) is 0 Å². The van der Waals surface area contributed by atoms with Gasteiger partial charge in [0.05, 0.1) is 45.9 Å². The fraction of sp³-hybridized carbons (Fsp3) is 0.917. The van der Waals surface area contributed by atoms with Crippen molar-refractivity contribution in [2.75, 3.05) is 33.9 Å². The number of rotatable bonds is 7. The first-order valence-corrected chi connectivity index (χ1v) is 10.5. The van der Waals surface area contributed by atoms with Crippen molar-refractivity contribution < 1.29 is 28.2 Å². The number of hydrogen-bond acceptors (Lipinski definition) is 6. The van der Waals surface area contributed by atoms with E-state index in [1.54, 1.807) is 0 Å². The minimum absolute atomic E-state index is 0.0610. The van der Waals surface area contributed by atoms with Crippen molar-refractivity contribution in [3.63, 3.8) is 0 Å². The molecule has 7 atom stereocenters. The summed E-state index contributed by atoms with van der Waals surface area (Å²) in [5.41, 5.74) is 0. The largest absolute Gasteiger partial charge is 0.856 e. The second-order valence-electron chi connectivity index (χ2n) is 5.87. The minimum Gasteiger partial charge on any atom is -0.856 e.